The van der Waals surface area contributed by atoms with Gasteiger partial charge in [-0.05, 0) is 23.8 Å². The molecule has 0 bridgehead atoms. The van der Waals surface area contributed by atoms with Crippen LogP contribution in [-0.4, -0.2) is 51.2 Å². The molecule has 2 heterocycles. The smallest absolute Gasteiger partial charge is 0.225 e. The van der Waals surface area contributed by atoms with Gasteiger partial charge in [-0.25, -0.2) is 4.39 Å². The maximum absolute atomic E-state index is 13.2. The summed E-state index contributed by atoms with van der Waals surface area (Å²) in [5.41, 5.74) is 2.36. The minimum atomic E-state index is -0.914. The monoisotopic (exact) mass is 380 g/mol. The van der Waals surface area contributed by atoms with Crippen LogP contribution >= 0.6 is 11.6 Å². The highest BCUT2D eigenvalue weighted by Crippen LogP contribution is 2.24. The lowest BCUT2D eigenvalue weighted by atomic mass is 10.1. The first-order chi connectivity index (χ1) is 12.3. The molecule has 26 heavy (non-hydrogen) atoms. The summed E-state index contributed by atoms with van der Waals surface area (Å²) in [4.78, 5) is 15.4. The normalized spacial score (nSPS) is 15.6. The number of fused-ring (bicyclic) bond motifs is 1. The van der Waals surface area contributed by atoms with Crippen LogP contribution in [-0.2, 0) is 24.4 Å². The SMILES string of the molecule is CN(C)C(=O)C[C@H](O)c1cc2n(n1)CCN(Cc1ccc(F)cc1Cl)C2. The molecule has 0 saturated heterocycles. The summed E-state index contributed by atoms with van der Waals surface area (Å²) in [6.45, 7) is 2.72. The van der Waals surface area contributed by atoms with Crippen molar-refractivity contribution < 1.29 is 14.3 Å². The molecule has 1 amide bonds. The fraction of sp³-hybridized carbons (Fsp3) is 0.444. The predicted octanol–water partition coefficient (Wildman–Crippen LogP) is 2.20. The van der Waals surface area contributed by atoms with Crippen LogP contribution in [0, 0.1) is 5.82 Å². The molecule has 140 valence electrons. The molecule has 0 spiro atoms. The quantitative estimate of drug-likeness (QED) is 0.863. The van der Waals surface area contributed by atoms with Gasteiger partial charge >= 0.3 is 0 Å². The second-order valence-electron chi connectivity index (χ2n) is 6.74. The van der Waals surface area contributed by atoms with Gasteiger partial charge in [0.1, 0.15) is 11.9 Å². The van der Waals surface area contributed by atoms with Gasteiger partial charge < -0.3 is 10.0 Å². The number of benzene rings is 1. The molecule has 2 aromatic rings. The molecule has 3 rings (SSSR count). The van der Waals surface area contributed by atoms with E-state index >= 15 is 0 Å². The van der Waals surface area contributed by atoms with E-state index in [9.17, 15) is 14.3 Å². The standard InChI is InChI=1S/C18H22ClFN4O2/c1-22(2)18(26)9-17(25)16-8-14-11-23(5-6-24(14)21-16)10-12-3-4-13(20)7-15(12)19/h3-4,7-8,17,25H,5-6,9-11H2,1-2H3/t17-/m0/s1. The number of rotatable bonds is 5. The number of amides is 1. The average Bonchev–Trinajstić information content (AvgIpc) is 3.00. The van der Waals surface area contributed by atoms with Crippen molar-refractivity contribution in [2.24, 2.45) is 0 Å². The summed E-state index contributed by atoms with van der Waals surface area (Å²) in [6, 6.07) is 6.27. The van der Waals surface area contributed by atoms with Crippen molar-refractivity contribution in [1.29, 1.82) is 0 Å². The number of hydrogen-bond acceptors (Lipinski definition) is 4. The average molecular weight is 381 g/mol. The molecule has 0 saturated carbocycles. The molecule has 1 atom stereocenters. The summed E-state index contributed by atoms with van der Waals surface area (Å²) in [7, 11) is 3.32. The molecule has 0 radical (unpaired) electrons. The topological polar surface area (TPSA) is 61.6 Å². The molecular weight excluding hydrogens is 359 g/mol. The summed E-state index contributed by atoms with van der Waals surface area (Å²) in [6.07, 6.45) is -0.902. The largest absolute Gasteiger partial charge is 0.386 e. The zero-order valence-electron chi connectivity index (χ0n) is 14.8. The van der Waals surface area contributed by atoms with E-state index in [1.165, 1.54) is 17.0 Å². The van der Waals surface area contributed by atoms with Crippen LogP contribution in [0.5, 0.6) is 0 Å². The highest BCUT2D eigenvalue weighted by Gasteiger charge is 2.23. The van der Waals surface area contributed by atoms with E-state index in [4.69, 9.17) is 11.6 Å². The fourth-order valence-electron chi connectivity index (χ4n) is 2.98. The van der Waals surface area contributed by atoms with Crippen molar-refractivity contribution in [2.45, 2.75) is 32.2 Å². The molecule has 1 N–H and O–H groups in total. The van der Waals surface area contributed by atoms with Gasteiger partial charge in [0.05, 0.1) is 24.4 Å². The van der Waals surface area contributed by atoms with Gasteiger partial charge in [0.2, 0.25) is 5.91 Å². The van der Waals surface area contributed by atoms with Crippen LogP contribution in [0.1, 0.15) is 29.5 Å². The number of halogens is 2. The molecule has 0 unspecified atom stereocenters. The fourth-order valence-corrected chi connectivity index (χ4v) is 3.21. The molecule has 1 aliphatic heterocycles. The Morgan fingerprint density at radius 3 is 2.85 bits per heavy atom. The van der Waals surface area contributed by atoms with Gasteiger partial charge in [-0.1, -0.05) is 17.7 Å². The van der Waals surface area contributed by atoms with Gasteiger partial charge in [-0.3, -0.25) is 14.4 Å². The van der Waals surface area contributed by atoms with E-state index in [2.05, 4.69) is 10.00 Å². The van der Waals surface area contributed by atoms with Crippen LogP contribution in [0.3, 0.4) is 0 Å². The molecule has 0 aliphatic carbocycles. The predicted molar refractivity (Wildman–Crippen MR) is 96.0 cm³/mol. The minimum Gasteiger partial charge on any atom is -0.386 e. The second-order valence-corrected chi connectivity index (χ2v) is 7.15. The molecular formula is C18H22ClFN4O2. The van der Waals surface area contributed by atoms with Crippen molar-refractivity contribution in [2.75, 3.05) is 20.6 Å². The third-order valence-electron chi connectivity index (χ3n) is 4.51. The lowest BCUT2D eigenvalue weighted by Gasteiger charge is -2.27. The van der Waals surface area contributed by atoms with Gasteiger partial charge in [0.15, 0.2) is 0 Å². The second kappa shape index (κ2) is 7.73. The Kier molecular flexibility index (Phi) is 5.60. The Balaban J connectivity index is 1.67. The van der Waals surface area contributed by atoms with Gasteiger partial charge in [0, 0.05) is 38.8 Å². The summed E-state index contributed by atoms with van der Waals surface area (Å²) < 4.78 is 15.0. The highest BCUT2D eigenvalue weighted by molar-refractivity contribution is 6.31. The van der Waals surface area contributed by atoms with Crippen molar-refractivity contribution in [3.05, 3.63) is 52.1 Å². The van der Waals surface area contributed by atoms with Gasteiger partial charge in [-0.15, -0.1) is 0 Å². The van der Waals surface area contributed by atoms with Crippen LogP contribution in [0.25, 0.3) is 0 Å². The van der Waals surface area contributed by atoms with Crippen molar-refractivity contribution >= 4 is 17.5 Å². The van der Waals surface area contributed by atoms with E-state index in [0.29, 0.717) is 30.4 Å². The highest BCUT2D eigenvalue weighted by atomic mass is 35.5. The van der Waals surface area contributed by atoms with Crippen LogP contribution in [0.4, 0.5) is 4.39 Å². The first-order valence-corrected chi connectivity index (χ1v) is 8.82. The van der Waals surface area contributed by atoms with Crippen molar-refractivity contribution in [3.63, 3.8) is 0 Å². The van der Waals surface area contributed by atoms with E-state index in [1.54, 1.807) is 20.2 Å². The number of hydrogen-bond donors (Lipinski definition) is 1. The van der Waals surface area contributed by atoms with E-state index < -0.39 is 6.10 Å². The third kappa shape index (κ3) is 4.23. The molecule has 1 aromatic heterocycles. The molecule has 1 aromatic carbocycles. The minimum absolute atomic E-state index is 0.0123. The molecule has 0 fully saturated rings. The summed E-state index contributed by atoms with van der Waals surface area (Å²) in [5.74, 6) is -0.488. The Bertz CT molecular complexity index is 808. The van der Waals surface area contributed by atoms with E-state index in [-0.39, 0.29) is 18.1 Å². The van der Waals surface area contributed by atoms with E-state index in [1.807, 2.05) is 10.7 Å². The number of carbonyl (C=O) groups is 1. The van der Waals surface area contributed by atoms with Gasteiger partial charge in [0.25, 0.3) is 0 Å². The Hall–Kier alpha value is -1.96. The summed E-state index contributed by atoms with van der Waals surface area (Å²) in [5, 5.41) is 15.1. The number of aromatic nitrogens is 2. The first-order valence-electron chi connectivity index (χ1n) is 8.44. The van der Waals surface area contributed by atoms with Gasteiger partial charge in [-0.2, -0.15) is 5.10 Å². The number of nitrogens with zero attached hydrogens (tertiary/aromatic N) is 4. The Morgan fingerprint density at radius 1 is 1.38 bits per heavy atom. The maximum atomic E-state index is 13.2. The zero-order valence-corrected chi connectivity index (χ0v) is 15.6. The molecule has 1 aliphatic rings. The molecule has 6 nitrogen and oxygen atoms in total. The zero-order chi connectivity index (χ0) is 18.8. The Morgan fingerprint density at radius 2 is 2.15 bits per heavy atom. The van der Waals surface area contributed by atoms with Crippen molar-refractivity contribution in [1.82, 2.24) is 19.6 Å². The lowest BCUT2D eigenvalue weighted by Crippen LogP contribution is -2.33. The Labute approximate surface area is 156 Å². The van der Waals surface area contributed by atoms with E-state index in [0.717, 1.165) is 17.8 Å². The third-order valence-corrected chi connectivity index (χ3v) is 4.86. The maximum Gasteiger partial charge on any atom is 0.225 e. The van der Waals surface area contributed by atoms with Crippen LogP contribution in [0.15, 0.2) is 24.3 Å². The first kappa shape index (κ1) is 18.8. The number of aliphatic hydroxyl groups is 1. The summed E-state index contributed by atoms with van der Waals surface area (Å²) >= 11 is 6.12. The van der Waals surface area contributed by atoms with Crippen LogP contribution in [0.2, 0.25) is 5.02 Å². The number of aliphatic hydroxyl groups excluding tert-OH is 1. The number of carbonyl (C=O) groups excluding carboxylic acids is 1. The van der Waals surface area contributed by atoms with Crippen molar-refractivity contribution in [3.8, 4) is 0 Å². The van der Waals surface area contributed by atoms with Crippen LogP contribution < -0.4 is 0 Å². The molecule has 8 heteroatoms. The lowest BCUT2D eigenvalue weighted by molar-refractivity contribution is -0.130.